The van der Waals surface area contributed by atoms with Crippen LogP contribution in [0, 0.1) is 0 Å². The van der Waals surface area contributed by atoms with Crippen molar-refractivity contribution in [1.29, 1.82) is 0 Å². The molecule has 0 spiro atoms. The van der Waals surface area contributed by atoms with E-state index in [4.69, 9.17) is 25.8 Å². The third kappa shape index (κ3) is 4.28. The molecule has 7 heteroatoms. The maximum absolute atomic E-state index is 12.5. The molecule has 1 heterocycles. The number of rotatable bonds is 6. The van der Waals surface area contributed by atoms with Gasteiger partial charge in [0.2, 0.25) is 12.9 Å². The highest BCUT2D eigenvalue weighted by Gasteiger charge is 2.30. The molecule has 2 aromatic carbocycles. The van der Waals surface area contributed by atoms with Gasteiger partial charge in [-0.25, -0.2) is 4.79 Å². The number of nitrogens with one attached hydrogen (secondary N) is 1. The molecule has 2 aromatic rings. The van der Waals surface area contributed by atoms with Crippen LogP contribution in [0.3, 0.4) is 0 Å². The normalized spacial score (nSPS) is 16.0. The fraction of sp³-hybridized carbons (Fsp3) is 0.238. The summed E-state index contributed by atoms with van der Waals surface area (Å²) in [5.74, 6) is 0.0592. The van der Waals surface area contributed by atoms with Crippen molar-refractivity contribution < 1.29 is 23.8 Å². The summed E-state index contributed by atoms with van der Waals surface area (Å²) in [5.41, 5.74) is 1.28. The summed E-state index contributed by atoms with van der Waals surface area (Å²) in [6.07, 6.45) is 3.71. The summed E-state index contributed by atoms with van der Waals surface area (Å²) in [6, 6.07) is 12.5. The fourth-order valence-corrected chi connectivity index (χ4v) is 3.08. The van der Waals surface area contributed by atoms with Crippen molar-refractivity contribution >= 4 is 29.6 Å². The van der Waals surface area contributed by atoms with Crippen molar-refractivity contribution in [2.45, 2.75) is 25.0 Å². The predicted octanol–water partition coefficient (Wildman–Crippen LogP) is 3.65. The van der Waals surface area contributed by atoms with Gasteiger partial charge in [-0.1, -0.05) is 41.9 Å². The molecule has 1 N–H and O–H groups in total. The standard InChI is InChI=1S/C21H18ClNO5/c22-16-10-13(11-17-20(16)27-12-26-17)6-9-18(24)28-19(14-4-2-1-3-5-14)21(25)23-15-7-8-15/h1-6,9-11,15,19H,7-8,12H2,(H,23,25)/b9-6+/t19-/m0/s1. The van der Waals surface area contributed by atoms with E-state index in [0.717, 1.165) is 12.8 Å². The first-order valence-corrected chi connectivity index (χ1v) is 9.31. The van der Waals surface area contributed by atoms with Crippen molar-refractivity contribution in [2.75, 3.05) is 6.79 Å². The van der Waals surface area contributed by atoms with Crippen LogP contribution < -0.4 is 14.8 Å². The summed E-state index contributed by atoms with van der Waals surface area (Å²) in [5, 5.41) is 3.28. The lowest BCUT2D eigenvalue weighted by atomic mass is 10.1. The lowest BCUT2D eigenvalue weighted by Crippen LogP contribution is -2.33. The molecule has 6 nitrogen and oxygen atoms in total. The van der Waals surface area contributed by atoms with E-state index < -0.39 is 12.1 Å². The maximum Gasteiger partial charge on any atom is 0.331 e. The van der Waals surface area contributed by atoms with Gasteiger partial charge in [-0.2, -0.15) is 0 Å². The number of amides is 1. The van der Waals surface area contributed by atoms with E-state index in [1.165, 1.54) is 6.08 Å². The molecule has 4 rings (SSSR count). The van der Waals surface area contributed by atoms with Gasteiger partial charge < -0.3 is 19.5 Å². The number of hydrogen-bond donors (Lipinski definition) is 1. The van der Waals surface area contributed by atoms with Crippen LogP contribution in [-0.2, 0) is 14.3 Å². The Morgan fingerprint density at radius 1 is 1.18 bits per heavy atom. The Balaban J connectivity index is 1.47. The zero-order valence-electron chi connectivity index (χ0n) is 14.9. The maximum atomic E-state index is 12.5. The van der Waals surface area contributed by atoms with Gasteiger partial charge >= 0.3 is 5.97 Å². The molecule has 1 atom stereocenters. The van der Waals surface area contributed by atoms with Crippen LogP contribution in [0.1, 0.15) is 30.1 Å². The third-order valence-corrected chi connectivity index (χ3v) is 4.64. The zero-order chi connectivity index (χ0) is 19.5. The molecular formula is C21H18ClNO5. The smallest absolute Gasteiger partial charge is 0.331 e. The Hall–Kier alpha value is -2.99. The number of ether oxygens (including phenoxy) is 3. The highest BCUT2D eigenvalue weighted by molar-refractivity contribution is 6.32. The average Bonchev–Trinajstić information content (AvgIpc) is 3.37. The first-order chi connectivity index (χ1) is 13.6. The monoisotopic (exact) mass is 399 g/mol. The van der Waals surface area contributed by atoms with Crippen LogP contribution in [-0.4, -0.2) is 24.7 Å². The van der Waals surface area contributed by atoms with Gasteiger partial charge in [0.15, 0.2) is 11.5 Å². The van der Waals surface area contributed by atoms with Gasteiger partial charge in [-0.15, -0.1) is 0 Å². The zero-order valence-corrected chi connectivity index (χ0v) is 15.6. The molecular weight excluding hydrogens is 382 g/mol. The van der Waals surface area contributed by atoms with Crippen molar-refractivity contribution in [1.82, 2.24) is 5.32 Å². The molecule has 2 aliphatic rings. The van der Waals surface area contributed by atoms with E-state index in [2.05, 4.69) is 5.32 Å². The molecule has 0 saturated heterocycles. The first-order valence-electron chi connectivity index (χ1n) is 8.93. The van der Waals surface area contributed by atoms with Gasteiger partial charge in [0.05, 0.1) is 5.02 Å². The second kappa shape index (κ2) is 7.94. The SMILES string of the molecule is O=C(/C=C/c1cc(Cl)c2c(c1)OCO2)O[C@H](C(=O)NC1CC1)c1ccccc1. The number of esters is 1. The van der Waals surface area contributed by atoms with Gasteiger partial charge in [0, 0.05) is 17.7 Å². The molecule has 1 fully saturated rings. The number of halogens is 1. The Morgan fingerprint density at radius 2 is 1.96 bits per heavy atom. The van der Waals surface area contributed by atoms with Crippen LogP contribution in [0.15, 0.2) is 48.5 Å². The second-order valence-electron chi connectivity index (χ2n) is 6.58. The molecule has 28 heavy (non-hydrogen) atoms. The molecule has 0 bridgehead atoms. The number of hydrogen-bond acceptors (Lipinski definition) is 5. The summed E-state index contributed by atoms with van der Waals surface area (Å²) in [4.78, 5) is 24.9. The summed E-state index contributed by atoms with van der Waals surface area (Å²) < 4.78 is 16.0. The molecule has 0 aromatic heterocycles. The number of fused-ring (bicyclic) bond motifs is 1. The van der Waals surface area contributed by atoms with Gasteiger partial charge in [0.25, 0.3) is 5.91 Å². The highest BCUT2D eigenvalue weighted by Crippen LogP contribution is 2.40. The Kier molecular flexibility index (Phi) is 5.21. The van der Waals surface area contributed by atoms with Crippen molar-refractivity contribution in [2.24, 2.45) is 0 Å². The minimum absolute atomic E-state index is 0.110. The number of carbonyl (C=O) groups is 2. The fourth-order valence-electron chi connectivity index (χ4n) is 2.81. The van der Waals surface area contributed by atoms with E-state index in [9.17, 15) is 9.59 Å². The summed E-state index contributed by atoms with van der Waals surface area (Å²) in [7, 11) is 0. The lowest BCUT2D eigenvalue weighted by Gasteiger charge is -2.17. The van der Waals surface area contributed by atoms with Gasteiger partial charge in [0.1, 0.15) is 0 Å². The van der Waals surface area contributed by atoms with E-state index >= 15 is 0 Å². The number of benzene rings is 2. The molecule has 1 amide bonds. The van der Waals surface area contributed by atoms with Crippen LogP contribution >= 0.6 is 11.6 Å². The first kappa shape index (κ1) is 18.4. The highest BCUT2D eigenvalue weighted by atomic mass is 35.5. The number of carbonyl (C=O) groups excluding carboxylic acids is 2. The van der Waals surface area contributed by atoms with Crippen LogP contribution in [0.4, 0.5) is 0 Å². The summed E-state index contributed by atoms with van der Waals surface area (Å²) in [6.45, 7) is 0.110. The third-order valence-electron chi connectivity index (χ3n) is 4.36. The van der Waals surface area contributed by atoms with E-state index in [-0.39, 0.29) is 18.7 Å². The Morgan fingerprint density at radius 3 is 2.71 bits per heavy atom. The lowest BCUT2D eigenvalue weighted by molar-refractivity contribution is -0.151. The quantitative estimate of drug-likeness (QED) is 0.593. The molecule has 1 aliphatic carbocycles. The predicted molar refractivity (Wildman–Crippen MR) is 103 cm³/mol. The molecule has 0 unspecified atom stereocenters. The molecule has 0 radical (unpaired) electrons. The molecule has 1 saturated carbocycles. The van der Waals surface area contributed by atoms with Gasteiger partial charge in [-0.05, 0) is 36.6 Å². The summed E-state index contributed by atoms with van der Waals surface area (Å²) >= 11 is 6.14. The van der Waals surface area contributed by atoms with E-state index in [1.807, 2.05) is 6.07 Å². The van der Waals surface area contributed by atoms with Crippen LogP contribution in [0.5, 0.6) is 11.5 Å². The van der Waals surface area contributed by atoms with Crippen molar-refractivity contribution in [3.05, 3.63) is 64.7 Å². The van der Waals surface area contributed by atoms with Gasteiger partial charge in [-0.3, -0.25) is 4.79 Å². The molecule has 1 aliphatic heterocycles. The topological polar surface area (TPSA) is 73.9 Å². The average molecular weight is 400 g/mol. The second-order valence-corrected chi connectivity index (χ2v) is 6.99. The Labute approximate surface area is 167 Å². The minimum Gasteiger partial charge on any atom is -0.454 e. The van der Waals surface area contributed by atoms with Crippen LogP contribution in [0.2, 0.25) is 5.02 Å². The van der Waals surface area contributed by atoms with E-state index in [0.29, 0.717) is 27.6 Å². The Bertz CT molecular complexity index is 924. The largest absolute Gasteiger partial charge is 0.454 e. The van der Waals surface area contributed by atoms with Crippen LogP contribution in [0.25, 0.3) is 6.08 Å². The van der Waals surface area contributed by atoms with Crippen molar-refractivity contribution in [3.63, 3.8) is 0 Å². The van der Waals surface area contributed by atoms with Crippen molar-refractivity contribution in [3.8, 4) is 11.5 Å². The molecule has 144 valence electrons. The minimum atomic E-state index is -1.00. The van der Waals surface area contributed by atoms with E-state index in [1.54, 1.807) is 42.5 Å².